The number of hydrogen-bond donors (Lipinski definition) is 1. The quantitative estimate of drug-likeness (QED) is 0.889. The smallest absolute Gasteiger partial charge is 0.245 e. The Morgan fingerprint density at radius 3 is 2.04 bits per heavy atom. The number of benzene rings is 2. The molecule has 0 heterocycles. The fraction of sp³-hybridized carbons (Fsp3) is 0.316. The lowest BCUT2D eigenvalue weighted by Crippen LogP contribution is -2.38. The zero-order valence-corrected chi connectivity index (χ0v) is 16.1. The van der Waals surface area contributed by atoms with Gasteiger partial charge < -0.3 is 5.32 Å². The van der Waals surface area contributed by atoms with E-state index in [1.165, 1.54) is 0 Å². The van der Waals surface area contributed by atoms with Crippen LogP contribution < -0.4 is 9.62 Å². The predicted molar refractivity (Wildman–Crippen MR) is 103 cm³/mol. The summed E-state index contributed by atoms with van der Waals surface area (Å²) in [6, 6.07) is 11.2. The lowest BCUT2D eigenvalue weighted by molar-refractivity contribution is -0.114. The minimum absolute atomic E-state index is 0.266. The molecule has 0 aliphatic heterocycles. The van der Waals surface area contributed by atoms with Crippen molar-refractivity contribution in [2.24, 2.45) is 0 Å². The maximum atomic E-state index is 12.5. The number of para-hydroxylation sites is 1. The Hall–Kier alpha value is -2.34. The lowest BCUT2D eigenvalue weighted by Gasteiger charge is -2.25. The van der Waals surface area contributed by atoms with Crippen LogP contribution in [-0.2, 0) is 14.8 Å². The molecule has 1 N–H and O–H groups in total. The summed E-state index contributed by atoms with van der Waals surface area (Å²) in [5.74, 6) is -0.373. The molecule has 1 amide bonds. The number of aryl methyl sites for hydroxylation is 3. The van der Waals surface area contributed by atoms with Crippen LogP contribution in [0.1, 0.15) is 22.3 Å². The van der Waals surface area contributed by atoms with Crippen molar-refractivity contribution in [3.8, 4) is 0 Å². The summed E-state index contributed by atoms with van der Waals surface area (Å²) in [6.07, 6.45) is 1.12. The number of nitrogens with one attached hydrogen (secondary N) is 1. The van der Waals surface area contributed by atoms with E-state index in [0.29, 0.717) is 11.4 Å². The number of anilines is 2. The number of rotatable bonds is 5. The van der Waals surface area contributed by atoms with Gasteiger partial charge in [0.15, 0.2) is 0 Å². The minimum atomic E-state index is -3.60. The number of carbonyl (C=O) groups excluding carboxylic acids is 1. The molecule has 0 fully saturated rings. The average Bonchev–Trinajstić information content (AvgIpc) is 2.49. The average molecular weight is 360 g/mol. The monoisotopic (exact) mass is 360 g/mol. The van der Waals surface area contributed by atoms with E-state index in [4.69, 9.17) is 0 Å². The van der Waals surface area contributed by atoms with Crippen LogP contribution >= 0.6 is 0 Å². The number of sulfonamides is 1. The first kappa shape index (κ1) is 19.0. The summed E-state index contributed by atoms with van der Waals surface area (Å²) < 4.78 is 25.7. The Morgan fingerprint density at radius 2 is 1.48 bits per heavy atom. The normalized spacial score (nSPS) is 11.2. The summed E-state index contributed by atoms with van der Waals surface area (Å²) in [5, 5.41) is 2.82. The fourth-order valence-corrected chi connectivity index (χ4v) is 3.74. The highest BCUT2D eigenvalue weighted by Crippen LogP contribution is 2.27. The molecule has 134 valence electrons. The molecule has 0 radical (unpaired) electrons. The van der Waals surface area contributed by atoms with Gasteiger partial charge in [-0.05, 0) is 56.0 Å². The Morgan fingerprint density at radius 1 is 0.960 bits per heavy atom. The Kier molecular flexibility index (Phi) is 5.52. The molecule has 0 bridgehead atoms. The van der Waals surface area contributed by atoms with E-state index >= 15 is 0 Å². The summed E-state index contributed by atoms with van der Waals surface area (Å²) in [7, 11) is -3.60. The van der Waals surface area contributed by atoms with E-state index in [1.54, 1.807) is 0 Å². The highest BCUT2D eigenvalue weighted by molar-refractivity contribution is 7.92. The van der Waals surface area contributed by atoms with E-state index in [9.17, 15) is 13.2 Å². The topological polar surface area (TPSA) is 66.5 Å². The van der Waals surface area contributed by atoms with Crippen LogP contribution in [0, 0.1) is 27.7 Å². The van der Waals surface area contributed by atoms with Gasteiger partial charge in [0.1, 0.15) is 6.54 Å². The number of carbonyl (C=O) groups is 1. The maximum absolute atomic E-state index is 12.5. The van der Waals surface area contributed by atoms with Crippen LogP contribution in [0.5, 0.6) is 0 Å². The van der Waals surface area contributed by atoms with Crippen LogP contribution in [0.2, 0.25) is 0 Å². The first-order valence-electron chi connectivity index (χ1n) is 8.01. The molecule has 2 aromatic rings. The van der Waals surface area contributed by atoms with Gasteiger partial charge in [0.2, 0.25) is 15.9 Å². The van der Waals surface area contributed by atoms with Crippen LogP contribution in [0.25, 0.3) is 0 Å². The van der Waals surface area contributed by atoms with E-state index in [-0.39, 0.29) is 12.5 Å². The molecular weight excluding hydrogens is 336 g/mol. The van der Waals surface area contributed by atoms with Crippen molar-refractivity contribution in [2.45, 2.75) is 27.7 Å². The zero-order valence-electron chi connectivity index (χ0n) is 15.3. The molecule has 5 nitrogen and oxygen atoms in total. The number of amides is 1. The molecule has 0 unspecified atom stereocenters. The Balaban J connectivity index is 2.33. The summed E-state index contributed by atoms with van der Waals surface area (Å²) in [5.41, 5.74) is 4.90. The number of nitrogens with zero attached hydrogens (tertiary/aromatic N) is 1. The minimum Gasteiger partial charge on any atom is -0.324 e. The molecule has 6 heteroatoms. The third-order valence-electron chi connectivity index (χ3n) is 4.26. The first-order valence-corrected chi connectivity index (χ1v) is 9.86. The van der Waals surface area contributed by atoms with Crippen LogP contribution in [-0.4, -0.2) is 27.1 Å². The highest BCUT2D eigenvalue weighted by atomic mass is 32.2. The van der Waals surface area contributed by atoms with Gasteiger partial charge in [-0.3, -0.25) is 9.10 Å². The molecule has 0 aliphatic carbocycles. The molecule has 0 saturated carbocycles. The Labute approximate surface area is 149 Å². The second-order valence-corrected chi connectivity index (χ2v) is 8.21. The third kappa shape index (κ3) is 4.39. The molecule has 2 aromatic carbocycles. The van der Waals surface area contributed by atoms with Crippen molar-refractivity contribution in [2.75, 3.05) is 22.4 Å². The van der Waals surface area contributed by atoms with Gasteiger partial charge >= 0.3 is 0 Å². The van der Waals surface area contributed by atoms with Crippen molar-refractivity contribution < 1.29 is 13.2 Å². The molecule has 0 spiro atoms. The van der Waals surface area contributed by atoms with Gasteiger partial charge in [-0.25, -0.2) is 8.42 Å². The van der Waals surface area contributed by atoms with Crippen molar-refractivity contribution in [1.82, 2.24) is 0 Å². The molecule has 0 aromatic heterocycles. The van der Waals surface area contributed by atoms with Crippen LogP contribution in [0.15, 0.2) is 36.4 Å². The number of hydrogen-bond acceptors (Lipinski definition) is 3. The molecule has 0 atom stereocenters. The van der Waals surface area contributed by atoms with E-state index in [0.717, 1.165) is 32.8 Å². The summed E-state index contributed by atoms with van der Waals surface area (Å²) >= 11 is 0. The first-order chi connectivity index (χ1) is 11.6. The van der Waals surface area contributed by atoms with Crippen LogP contribution in [0.4, 0.5) is 11.4 Å². The van der Waals surface area contributed by atoms with Crippen molar-refractivity contribution in [3.05, 3.63) is 58.7 Å². The molecule has 2 rings (SSSR count). The summed E-state index contributed by atoms with van der Waals surface area (Å²) in [4.78, 5) is 12.5. The van der Waals surface area contributed by atoms with E-state index < -0.39 is 10.0 Å². The second kappa shape index (κ2) is 7.27. The van der Waals surface area contributed by atoms with Crippen molar-refractivity contribution in [3.63, 3.8) is 0 Å². The molecule has 25 heavy (non-hydrogen) atoms. The van der Waals surface area contributed by atoms with Gasteiger partial charge in [0.05, 0.1) is 11.9 Å². The van der Waals surface area contributed by atoms with Crippen LogP contribution in [0.3, 0.4) is 0 Å². The largest absolute Gasteiger partial charge is 0.324 e. The third-order valence-corrected chi connectivity index (χ3v) is 5.37. The zero-order chi connectivity index (χ0) is 18.8. The van der Waals surface area contributed by atoms with Crippen molar-refractivity contribution >= 4 is 27.3 Å². The van der Waals surface area contributed by atoms with Gasteiger partial charge in [0.25, 0.3) is 0 Å². The summed E-state index contributed by atoms with van der Waals surface area (Å²) in [6.45, 7) is 7.29. The molecular formula is C19H24N2O3S. The van der Waals surface area contributed by atoms with Gasteiger partial charge in [-0.15, -0.1) is 0 Å². The predicted octanol–water partition coefficient (Wildman–Crippen LogP) is 3.32. The van der Waals surface area contributed by atoms with Gasteiger partial charge in [0, 0.05) is 5.69 Å². The SMILES string of the molecule is Cc1cccc(NC(=O)CN(c2c(C)cccc2C)S(C)(=O)=O)c1C. The van der Waals surface area contributed by atoms with Gasteiger partial charge in [-0.2, -0.15) is 0 Å². The standard InChI is InChI=1S/C19H24N2O3S/c1-13-8-7-11-17(16(13)4)20-18(22)12-21(25(5,23)24)19-14(2)9-6-10-15(19)3/h6-11H,12H2,1-5H3,(H,20,22). The molecule has 0 aliphatic rings. The van der Waals surface area contributed by atoms with Crippen molar-refractivity contribution in [1.29, 1.82) is 0 Å². The van der Waals surface area contributed by atoms with E-state index in [2.05, 4.69) is 5.32 Å². The van der Waals surface area contributed by atoms with E-state index in [1.807, 2.05) is 64.1 Å². The fourth-order valence-electron chi connectivity index (χ4n) is 2.77. The highest BCUT2D eigenvalue weighted by Gasteiger charge is 2.24. The van der Waals surface area contributed by atoms with Gasteiger partial charge in [-0.1, -0.05) is 30.3 Å². The molecule has 0 saturated heterocycles. The Bertz CT molecular complexity index is 885. The lowest BCUT2D eigenvalue weighted by atomic mass is 10.1. The maximum Gasteiger partial charge on any atom is 0.245 e. The second-order valence-electron chi connectivity index (χ2n) is 6.31.